The van der Waals surface area contributed by atoms with Gasteiger partial charge in [-0.1, -0.05) is 47.7 Å². The van der Waals surface area contributed by atoms with Crippen LogP contribution in [0, 0.1) is 11.4 Å². The maximum absolute atomic E-state index is 12.9. The van der Waals surface area contributed by atoms with Crippen LogP contribution in [0.4, 0.5) is 18.9 Å². The van der Waals surface area contributed by atoms with Crippen molar-refractivity contribution in [1.29, 1.82) is 5.53 Å². The molecule has 0 saturated heterocycles. The number of halogens is 3. The quantitative estimate of drug-likeness (QED) is 0.317. The minimum atomic E-state index is -4.20. The van der Waals surface area contributed by atoms with Crippen molar-refractivity contribution < 1.29 is 13.2 Å². The molecule has 4 rings (SSSR count). The van der Waals surface area contributed by atoms with E-state index in [1.165, 1.54) is 6.08 Å². The number of hydrogen-bond acceptors (Lipinski definition) is 3. The molecule has 0 aromatic heterocycles. The average molecular weight is 399 g/mol. The number of benzene rings is 1. The van der Waals surface area contributed by atoms with Gasteiger partial charge in [0.1, 0.15) is 0 Å². The molecule has 5 nitrogen and oxygen atoms in total. The highest BCUT2D eigenvalue weighted by Crippen LogP contribution is 2.48. The lowest BCUT2D eigenvalue weighted by Crippen LogP contribution is -2.27. The molecule has 0 fully saturated rings. The molecule has 150 valence electrons. The SMILES string of the molecule is N=NN=C(N)C1=CC=C2C(C1)c1ccccc1N2CC1=CCC(C(F)(F)F)C=C1. The number of anilines is 1. The van der Waals surface area contributed by atoms with Gasteiger partial charge >= 0.3 is 6.18 Å². The minimum Gasteiger partial charge on any atom is -0.382 e. The van der Waals surface area contributed by atoms with E-state index in [2.05, 4.69) is 21.3 Å². The van der Waals surface area contributed by atoms with Crippen LogP contribution in [-0.2, 0) is 0 Å². The number of para-hydroxylation sites is 1. The summed E-state index contributed by atoms with van der Waals surface area (Å²) in [6, 6.07) is 8.01. The Bertz CT molecular complexity index is 984. The number of nitrogens with one attached hydrogen (secondary N) is 1. The van der Waals surface area contributed by atoms with Gasteiger partial charge in [0, 0.05) is 23.8 Å². The predicted molar refractivity (Wildman–Crippen MR) is 105 cm³/mol. The number of nitrogens with two attached hydrogens (primary N) is 1. The molecule has 0 amide bonds. The molecular formula is C21H20F3N5. The summed E-state index contributed by atoms with van der Waals surface area (Å²) in [4.78, 5) is 2.15. The first-order valence-corrected chi connectivity index (χ1v) is 9.30. The van der Waals surface area contributed by atoms with E-state index in [1.807, 2.05) is 30.4 Å². The molecule has 1 aliphatic heterocycles. The maximum atomic E-state index is 12.9. The molecule has 2 aliphatic carbocycles. The number of allylic oxidation sites excluding steroid dienone is 5. The molecule has 2 atom stereocenters. The zero-order valence-corrected chi connectivity index (χ0v) is 15.5. The van der Waals surface area contributed by atoms with Gasteiger partial charge in [0.05, 0.1) is 5.92 Å². The van der Waals surface area contributed by atoms with Crippen LogP contribution in [0.15, 0.2) is 81.8 Å². The first-order valence-electron chi connectivity index (χ1n) is 9.30. The van der Waals surface area contributed by atoms with Crippen LogP contribution in [-0.4, -0.2) is 18.6 Å². The zero-order valence-electron chi connectivity index (χ0n) is 15.5. The van der Waals surface area contributed by atoms with Crippen molar-refractivity contribution in [2.45, 2.75) is 24.9 Å². The second-order valence-corrected chi connectivity index (χ2v) is 7.29. The van der Waals surface area contributed by atoms with E-state index in [4.69, 9.17) is 11.3 Å². The molecule has 3 aliphatic rings. The molecular weight excluding hydrogens is 379 g/mol. The van der Waals surface area contributed by atoms with Gasteiger partial charge in [0.2, 0.25) is 0 Å². The molecule has 3 N–H and O–H groups in total. The highest BCUT2D eigenvalue weighted by Gasteiger charge is 2.39. The Kier molecular flexibility index (Phi) is 4.86. The smallest absolute Gasteiger partial charge is 0.382 e. The predicted octanol–water partition coefficient (Wildman–Crippen LogP) is 5.17. The van der Waals surface area contributed by atoms with E-state index < -0.39 is 12.1 Å². The largest absolute Gasteiger partial charge is 0.395 e. The fourth-order valence-electron chi connectivity index (χ4n) is 4.10. The fourth-order valence-corrected chi connectivity index (χ4v) is 4.10. The molecule has 1 aromatic carbocycles. The third kappa shape index (κ3) is 3.62. The molecule has 0 bridgehead atoms. The summed E-state index contributed by atoms with van der Waals surface area (Å²) < 4.78 is 38.7. The standard InChI is InChI=1S/C21H20F3N5/c22-21(23,24)15-8-5-13(6-9-15)12-29-18-4-2-1-3-16(18)17-11-14(7-10-19(17)29)20(25)27-28-26/h1-8,10,15,17H,9,11-12H2,(H3,25,26,27). The second-order valence-electron chi connectivity index (χ2n) is 7.29. The monoisotopic (exact) mass is 399 g/mol. The van der Waals surface area contributed by atoms with E-state index in [-0.39, 0.29) is 18.2 Å². The maximum Gasteiger partial charge on any atom is 0.395 e. The third-order valence-electron chi connectivity index (χ3n) is 5.58. The van der Waals surface area contributed by atoms with Gasteiger partial charge < -0.3 is 10.6 Å². The summed E-state index contributed by atoms with van der Waals surface area (Å²) >= 11 is 0. The number of hydrogen-bond donors (Lipinski definition) is 2. The number of alkyl halides is 3. The molecule has 0 spiro atoms. The molecule has 1 heterocycles. The Morgan fingerprint density at radius 1 is 1.24 bits per heavy atom. The Labute approximate surface area is 166 Å². The van der Waals surface area contributed by atoms with E-state index in [9.17, 15) is 13.2 Å². The molecule has 29 heavy (non-hydrogen) atoms. The molecule has 0 radical (unpaired) electrons. The number of rotatable bonds is 4. The first kappa shape index (κ1) is 19.2. The Morgan fingerprint density at radius 2 is 2.03 bits per heavy atom. The van der Waals surface area contributed by atoms with Crippen LogP contribution in [0.25, 0.3) is 0 Å². The van der Waals surface area contributed by atoms with Crippen molar-refractivity contribution in [1.82, 2.24) is 0 Å². The van der Waals surface area contributed by atoms with Gasteiger partial charge in [-0.05, 0) is 41.7 Å². The van der Waals surface area contributed by atoms with E-state index in [1.54, 1.807) is 12.2 Å². The Morgan fingerprint density at radius 3 is 2.72 bits per heavy atom. The Balaban J connectivity index is 1.62. The zero-order chi connectivity index (χ0) is 20.6. The normalized spacial score (nSPS) is 23.8. The number of fused-ring (bicyclic) bond motifs is 3. The molecule has 1 aromatic rings. The van der Waals surface area contributed by atoms with Crippen LogP contribution in [0.2, 0.25) is 0 Å². The van der Waals surface area contributed by atoms with Crippen molar-refractivity contribution in [3.8, 4) is 0 Å². The van der Waals surface area contributed by atoms with Crippen LogP contribution < -0.4 is 10.6 Å². The van der Waals surface area contributed by atoms with Crippen molar-refractivity contribution in [3.05, 3.63) is 77.1 Å². The van der Waals surface area contributed by atoms with Gasteiger partial charge in [0.15, 0.2) is 5.84 Å². The number of nitrogens with zero attached hydrogens (tertiary/aromatic N) is 3. The van der Waals surface area contributed by atoms with E-state index in [0.717, 1.165) is 28.1 Å². The third-order valence-corrected chi connectivity index (χ3v) is 5.58. The van der Waals surface area contributed by atoms with E-state index >= 15 is 0 Å². The van der Waals surface area contributed by atoms with Gasteiger partial charge in [-0.25, -0.2) is 0 Å². The lowest BCUT2D eigenvalue weighted by Gasteiger charge is -2.27. The fraction of sp³-hybridized carbons (Fsp3) is 0.286. The molecule has 2 unspecified atom stereocenters. The summed E-state index contributed by atoms with van der Waals surface area (Å²) in [5.74, 6) is -1.10. The second kappa shape index (κ2) is 7.35. The van der Waals surface area contributed by atoms with Crippen molar-refractivity contribution in [2.24, 2.45) is 22.0 Å². The summed E-state index contributed by atoms with van der Waals surface area (Å²) in [5, 5.41) is 6.62. The summed E-state index contributed by atoms with van der Waals surface area (Å²) in [6.07, 6.45) is 4.77. The van der Waals surface area contributed by atoms with Crippen LogP contribution in [0.5, 0.6) is 0 Å². The first-order chi connectivity index (χ1) is 13.9. The summed E-state index contributed by atoms with van der Waals surface area (Å²) in [7, 11) is 0. The lowest BCUT2D eigenvalue weighted by molar-refractivity contribution is -0.160. The van der Waals surface area contributed by atoms with Crippen molar-refractivity contribution >= 4 is 11.5 Å². The van der Waals surface area contributed by atoms with Crippen molar-refractivity contribution in [3.63, 3.8) is 0 Å². The van der Waals surface area contributed by atoms with Gasteiger partial charge in [0.25, 0.3) is 0 Å². The molecule has 0 saturated carbocycles. The minimum absolute atomic E-state index is 0.0268. The van der Waals surface area contributed by atoms with Crippen LogP contribution in [0.1, 0.15) is 24.3 Å². The summed E-state index contributed by atoms with van der Waals surface area (Å²) in [6.45, 7) is 0.509. The highest BCUT2D eigenvalue weighted by molar-refractivity contribution is 5.98. The average Bonchev–Trinajstić information content (AvgIpc) is 3.01. The topological polar surface area (TPSA) is 77.8 Å². The van der Waals surface area contributed by atoms with Crippen LogP contribution >= 0.6 is 0 Å². The Hall–Kier alpha value is -3.16. The molecule has 8 heteroatoms. The lowest BCUT2D eigenvalue weighted by atomic mass is 9.87. The van der Waals surface area contributed by atoms with Gasteiger partial charge in [-0.15, -0.1) is 5.10 Å². The van der Waals surface area contributed by atoms with E-state index in [0.29, 0.717) is 13.0 Å². The summed E-state index contributed by atoms with van der Waals surface area (Å²) in [5.41, 5.74) is 17.7. The van der Waals surface area contributed by atoms with Gasteiger partial charge in [-0.2, -0.15) is 18.7 Å². The van der Waals surface area contributed by atoms with Crippen LogP contribution in [0.3, 0.4) is 0 Å². The number of amidine groups is 1. The van der Waals surface area contributed by atoms with Crippen molar-refractivity contribution in [2.75, 3.05) is 11.4 Å². The highest BCUT2D eigenvalue weighted by atomic mass is 19.4. The van der Waals surface area contributed by atoms with Gasteiger partial charge in [-0.3, -0.25) is 0 Å².